The molecule has 1 aromatic carbocycles. The molecule has 1 amide bonds. The van der Waals surface area contributed by atoms with Crippen molar-refractivity contribution < 1.29 is 9.53 Å². The SMILES string of the molecule is COCC(N)C(=O)N1CCN(c2nc3ccccc3s2)CC1. The lowest BCUT2D eigenvalue weighted by molar-refractivity contribution is -0.134. The van der Waals surface area contributed by atoms with Gasteiger partial charge in [0.15, 0.2) is 5.13 Å². The van der Waals surface area contributed by atoms with Gasteiger partial charge in [0.25, 0.3) is 0 Å². The lowest BCUT2D eigenvalue weighted by atomic mass is 10.2. The Morgan fingerprint density at radius 1 is 1.36 bits per heavy atom. The number of para-hydroxylation sites is 1. The fraction of sp³-hybridized carbons (Fsp3) is 0.467. The Bertz CT molecular complexity index is 619. The molecule has 0 bridgehead atoms. The highest BCUT2D eigenvalue weighted by Crippen LogP contribution is 2.29. The van der Waals surface area contributed by atoms with Crippen molar-refractivity contribution in [2.24, 2.45) is 5.73 Å². The lowest BCUT2D eigenvalue weighted by Crippen LogP contribution is -2.54. The number of ether oxygens (including phenoxy) is 1. The number of hydrogen-bond acceptors (Lipinski definition) is 6. The van der Waals surface area contributed by atoms with Gasteiger partial charge in [-0.25, -0.2) is 4.98 Å². The van der Waals surface area contributed by atoms with E-state index in [1.165, 1.54) is 4.70 Å². The van der Waals surface area contributed by atoms with Crippen LogP contribution in [0.4, 0.5) is 5.13 Å². The van der Waals surface area contributed by atoms with Crippen molar-refractivity contribution in [3.05, 3.63) is 24.3 Å². The minimum atomic E-state index is -0.570. The minimum absolute atomic E-state index is 0.0363. The molecule has 3 rings (SSSR count). The molecule has 6 nitrogen and oxygen atoms in total. The topological polar surface area (TPSA) is 71.7 Å². The van der Waals surface area contributed by atoms with Gasteiger partial charge in [0.2, 0.25) is 5.91 Å². The van der Waals surface area contributed by atoms with Gasteiger partial charge in [0, 0.05) is 33.3 Å². The van der Waals surface area contributed by atoms with Crippen molar-refractivity contribution in [2.75, 3.05) is 44.8 Å². The number of nitrogens with two attached hydrogens (primary N) is 1. The monoisotopic (exact) mass is 320 g/mol. The molecule has 1 unspecified atom stereocenters. The molecular formula is C15H20N4O2S. The first kappa shape index (κ1) is 15.2. The van der Waals surface area contributed by atoms with Crippen molar-refractivity contribution in [1.29, 1.82) is 0 Å². The summed E-state index contributed by atoms with van der Waals surface area (Å²) in [6, 6.07) is 7.57. The summed E-state index contributed by atoms with van der Waals surface area (Å²) in [6.07, 6.45) is 0. The molecule has 1 aliphatic heterocycles. The van der Waals surface area contributed by atoms with E-state index < -0.39 is 6.04 Å². The van der Waals surface area contributed by atoms with Crippen LogP contribution in [0.15, 0.2) is 24.3 Å². The lowest BCUT2D eigenvalue weighted by Gasteiger charge is -2.35. The summed E-state index contributed by atoms with van der Waals surface area (Å²) in [5.74, 6) is -0.0363. The van der Waals surface area contributed by atoms with Gasteiger partial charge in [0.05, 0.1) is 16.8 Å². The van der Waals surface area contributed by atoms with Crippen molar-refractivity contribution >= 4 is 32.6 Å². The van der Waals surface area contributed by atoms with Crippen molar-refractivity contribution in [2.45, 2.75) is 6.04 Å². The van der Waals surface area contributed by atoms with E-state index in [9.17, 15) is 4.79 Å². The number of anilines is 1. The Morgan fingerprint density at radius 3 is 2.77 bits per heavy atom. The number of piperazine rings is 1. The Balaban J connectivity index is 1.63. The fourth-order valence-electron chi connectivity index (χ4n) is 2.60. The maximum absolute atomic E-state index is 12.2. The Hall–Kier alpha value is -1.70. The summed E-state index contributed by atoms with van der Waals surface area (Å²) in [6.45, 7) is 3.17. The summed E-state index contributed by atoms with van der Waals surface area (Å²) < 4.78 is 6.14. The zero-order valence-corrected chi connectivity index (χ0v) is 13.4. The first-order valence-corrected chi connectivity index (χ1v) is 8.14. The van der Waals surface area contributed by atoms with E-state index in [0.29, 0.717) is 13.1 Å². The molecular weight excluding hydrogens is 300 g/mol. The molecule has 118 valence electrons. The number of hydrogen-bond donors (Lipinski definition) is 1. The van der Waals surface area contributed by atoms with Gasteiger partial charge in [-0.1, -0.05) is 23.5 Å². The second-order valence-electron chi connectivity index (χ2n) is 5.34. The minimum Gasteiger partial charge on any atom is -0.383 e. The molecule has 1 aromatic heterocycles. The number of carbonyl (C=O) groups is 1. The Labute approximate surface area is 133 Å². The maximum Gasteiger partial charge on any atom is 0.241 e. The quantitative estimate of drug-likeness (QED) is 0.907. The van der Waals surface area contributed by atoms with Crippen LogP contribution < -0.4 is 10.6 Å². The van der Waals surface area contributed by atoms with E-state index >= 15 is 0 Å². The van der Waals surface area contributed by atoms with E-state index in [-0.39, 0.29) is 12.5 Å². The Morgan fingerprint density at radius 2 is 2.09 bits per heavy atom. The third-order valence-electron chi connectivity index (χ3n) is 3.81. The van der Waals surface area contributed by atoms with Crippen molar-refractivity contribution in [1.82, 2.24) is 9.88 Å². The van der Waals surface area contributed by atoms with Gasteiger partial charge in [0.1, 0.15) is 6.04 Å². The number of methoxy groups -OCH3 is 1. The molecule has 0 spiro atoms. The predicted octanol–water partition coefficient (Wildman–Crippen LogP) is 0.919. The second kappa shape index (κ2) is 6.60. The number of amides is 1. The predicted molar refractivity (Wildman–Crippen MR) is 88.3 cm³/mol. The molecule has 2 heterocycles. The second-order valence-corrected chi connectivity index (χ2v) is 6.35. The molecule has 0 radical (unpaired) electrons. The number of benzene rings is 1. The summed E-state index contributed by atoms with van der Waals surface area (Å²) in [5.41, 5.74) is 6.85. The number of carbonyl (C=O) groups excluding carboxylic acids is 1. The van der Waals surface area contributed by atoms with Crippen LogP contribution in [0.5, 0.6) is 0 Å². The van der Waals surface area contributed by atoms with E-state index in [1.807, 2.05) is 23.1 Å². The van der Waals surface area contributed by atoms with Crippen LogP contribution >= 0.6 is 11.3 Å². The van der Waals surface area contributed by atoms with Crippen LogP contribution in [-0.2, 0) is 9.53 Å². The molecule has 2 aromatic rings. The van der Waals surface area contributed by atoms with Crippen LogP contribution in [0.2, 0.25) is 0 Å². The van der Waals surface area contributed by atoms with E-state index in [1.54, 1.807) is 18.4 Å². The average Bonchev–Trinajstić information content (AvgIpc) is 2.98. The van der Waals surface area contributed by atoms with E-state index in [2.05, 4.69) is 16.0 Å². The first-order chi connectivity index (χ1) is 10.7. The van der Waals surface area contributed by atoms with Crippen LogP contribution in [-0.4, -0.2) is 61.7 Å². The van der Waals surface area contributed by atoms with Crippen LogP contribution in [0.3, 0.4) is 0 Å². The number of rotatable bonds is 4. The normalized spacial score (nSPS) is 17.0. The largest absolute Gasteiger partial charge is 0.383 e. The highest BCUT2D eigenvalue weighted by Gasteiger charge is 2.26. The fourth-order valence-corrected chi connectivity index (χ4v) is 3.62. The molecule has 7 heteroatoms. The summed E-state index contributed by atoms with van der Waals surface area (Å²) in [4.78, 5) is 20.9. The van der Waals surface area contributed by atoms with Crippen LogP contribution in [0, 0.1) is 0 Å². The number of fused-ring (bicyclic) bond motifs is 1. The number of nitrogens with zero attached hydrogens (tertiary/aromatic N) is 3. The first-order valence-electron chi connectivity index (χ1n) is 7.33. The zero-order chi connectivity index (χ0) is 15.5. The summed E-state index contributed by atoms with van der Waals surface area (Å²) in [7, 11) is 1.55. The number of thiazole rings is 1. The van der Waals surface area contributed by atoms with Crippen molar-refractivity contribution in [3.63, 3.8) is 0 Å². The van der Waals surface area contributed by atoms with Gasteiger partial charge in [-0.05, 0) is 12.1 Å². The highest BCUT2D eigenvalue weighted by atomic mass is 32.1. The van der Waals surface area contributed by atoms with Gasteiger partial charge < -0.3 is 20.3 Å². The highest BCUT2D eigenvalue weighted by molar-refractivity contribution is 7.22. The van der Waals surface area contributed by atoms with Gasteiger partial charge >= 0.3 is 0 Å². The van der Waals surface area contributed by atoms with Gasteiger partial charge in [-0.2, -0.15) is 0 Å². The van der Waals surface area contributed by atoms with Crippen LogP contribution in [0.1, 0.15) is 0 Å². The molecule has 1 saturated heterocycles. The molecule has 1 fully saturated rings. The van der Waals surface area contributed by atoms with Gasteiger partial charge in [-0.15, -0.1) is 0 Å². The molecule has 1 atom stereocenters. The van der Waals surface area contributed by atoms with E-state index in [0.717, 1.165) is 23.7 Å². The zero-order valence-electron chi connectivity index (χ0n) is 12.6. The molecule has 2 N–H and O–H groups in total. The molecule has 0 saturated carbocycles. The Kier molecular flexibility index (Phi) is 4.56. The van der Waals surface area contributed by atoms with Gasteiger partial charge in [-0.3, -0.25) is 4.79 Å². The van der Waals surface area contributed by atoms with Crippen LogP contribution in [0.25, 0.3) is 10.2 Å². The number of aromatic nitrogens is 1. The van der Waals surface area contributed by atoms with E-state index in [4.69, 9.17) is 10.5 Å². The summed E-state index contributed by atoms with van der Waals surface area (Å²) in [5, 5.41) is 1.02. The molecule has 1 aliphatic rings. The smallest absolute Gasteiger partial charge is 0.241 e. The maximum atomic E-state index is 12.2. The van der Waals surface area contributed by atoms with Crippen molar-refractivity contribution in [3.8, 4) is 0 Å². The molecule has 22 heavy (non-hydrogen) atoms. The molecule has 0 aliphatic carbocycles. The third-order valence-corrected chi connectivity index (χ3v) is 4.91. The standard InChI is InChI=1S/C15H20N4O2S/c1-21-10-11(16)14(20)18-6-8-19(9-7-18)15-17-12-4-2-3-5-13(12)22-15/h2-5,11H,6-10,16H2,1H3. The summed E-state index contributed by atoms with van der Waals surface area (Å²) >= 11 is 1.69. The average molecular weight is 320 g/mol. The third kappa shape index (κ3) is 3.06.